The number of hydrogen-bond acceptors (Lipinski definition) is 2. The summed E-state index contributed by atoms with van der Waals surface area (Å²) in [6.45, 7) is 4.55. The highest BCUT2D eigenvalue weighted by molar-refractivity contribution is 5.75. The third-order valence-corrected chi connectivity index (χ3v) is 8.13. The van der Waals surface area contributed by atoms with Crippen molar-refractivity contribution < 1.29 is 9.53 Å². The number of rotatable bonds is 12. The van der Waals surface area contributed by atoms with Gasteiger partial charge in [-0.2, -0.15) is 0 Å². The zero-order chi connectivity index (χ0) is 23.3. The van der Waals surface area contributed by atoms with E-state index in [1.54, 1.807) is 0 Å². The lowest BCUT2D eigenvalue weighted by atomic mass is 9.79. The summed E-state index contributed by atoms with van der Waals surface area (Å²) in [6.07, 6.45) is 25.2. The number of carbonyl (C=O) groups is 1. The van der Waals surface area contributed by atoms with E-state index in [-0.39, 0.29) is 11.9 Å². The van der Waals surface area contributed by atoms with Gasteiger partial charge in [-0.1, -0.05) is 76.7 Å². The molecule has 33 heavy (non-hydrogen) atoms. The maximum atomic E-state index is 12.5. The molecule has 0 saturated heterocycles. The van der Waals surface area contributed by atoms with Crippen molar-refractivity contribution in [3.63, 3.8) is 0 Å². The lowest BCUT2D eigenvalue weighted by molar-refractivity contribution is -0.140. The van der Waals surface area contributed by atoms with Gasteiger partial charge in [0, 0.05) is 0 Å². The molecule has 0 unspecified atom stereocenters. The molecule has 0 heterocycles. The number of allylic oxidation sites excluding steroid dienone is 2. The van der Waals surface area contributed by atoms with Gasteiger partial charge in [0.1, 0.15) is 5.75 Å². The molecule has 0 radical (unpaired) electrons. The lowest BCUT2D eigenvalue weighted by Crippen LogP contribution is -2.25. The standard InChI is InChI=1S/C31H48O2/c1-3-5-6-10-26-13-15-27(16-14-26)11-7-8-12-28-19-23-30(24-20-28)33-31(32)29-21-17-25(9-4-2)18-22-29/h7,11,19-20,23-27,29H,3-6,8-10,12-18,21-22H2,1-2H3. The van der Waals surface area contributed by atoms with Gasteiger partial charge in [-0.3, -0.25) is 4.79 Å². The van der Waals surface area contributed by atoms with Gasteiger partial charge in [0.05, 0.1) is 5.92 Å². The molecule has 0 aliphatic heterocycles. The average molecular weight is 453 g/mol. The molecule has 2 fully saturated rings. The molecular weight excluding hydrogens is 404 g/mol. The summed E-state index contributed by atoms with van der Waals surface area (Å²) in [6, 6.07) is 8.19. The summed E-state index contributed by atoms with van der Waals surface area (Å²) in [5.74, 6) is 3.37. The number of ether oxygens (including phenoxy) is 1. The average Bonchev–Trinajstić information content (AvgIpc) is 2.84. The SMILES string of the molecule is CCCCCC1CCC(C=CCCc2ccc(OC(=O)C3CCC(CCC)CC3)cc2)CC1. The van der Waals surface area contributed by atoms with Crippen LogP contribution in [-0.2, 0) is 11.2 Å². The molecule has 1 aromatic rings. The van der Waals surface area contributed by atoms with Crippen LogP contribution in [-0.4, -0.2) is 5.97 Å². The van der Waals surface area contributed by atoms with E-state index >= 15 is 0 Å². The van der Waals surface area contributed by atoms with Crippen molar-refractivity contribution in [3.8, 4) is 5.75 Å². The van der Waals surface area contributed by atoms with Crippen molar-refractivity contribution in [1.82, 2.24) is 0 Å². The first-order chi connectivity index (χ1) is 16.2. The van der Waals surface area contributed by atoms with Crippen LogP contribution >= 0.6 is 0 Å². The maximum absolute atomic E-state index is 12.5. The predicted octanol–water partition coefficient (Wildman–Crippen LogP) is 9.07. The van der Waals surface area contributed by atoms with Crippen molar-refractivity contribution in [2.75, 3.05) is 0 Å². The Hall–Kier alpha value is -1.57. The monoisotopic (exact) mass is 452 g/mol. The van der Waals surface area contributed by atoms with Crippen LogP contribution in [0.25, 0.3) is 0 Å². The van der Waals surface area contributed by atoms with Gasteiger partial charge in [0.15, 0.2) is 0 Å². The van der Waals surface area contributed by atoms with Crippen LogP contribution < -0.4 is 4.74 Å². The zero-order valence-electron chi connectivity index (χ0n) is 21.4. The fourth-order valence-corrected chi connectivity index (χ4v) is 5.91. The molecule has 184 valence electrons. The molecule has 0 aromatic heterocycles. The number of carbonyl (C=O) groups excluding carboxylic acids is 1. The smallest absolute Gasteiger partial charge is 0.314 e. The Morgan fingerprint density at radius 2 is 1.52 bits per heavy atom. The molecule has 2 heteroatoms. The van der Waals surface area contributed by atoms with E-state index in [9.17, 15) is 4.79 Å². The Balaban J connectivity index is 1.31. The summed E-state index contributed by atoms with van der Waals surface area (Å²) < 4.78 is 5.70. The first-order valence-electron chi connectivity index (χ1n) is 14.1. The van der Waals surface area contributed by atoms with Gasteiger partial charge in [-0.25, -0.2) is 0 Å². The quantitative estimate of drug-likeness (QED) is 0.137. The topological polar surface area (TPSA) is 26.3 Å². The van der Waals surface area contributed by atoms with E-state index in [1.165, 1.54) is 82.6 Å². The Bertz CT molecular complexity index is 688. The number of aryl methyl sites for hydroxylation is 1. The van der Waals surface area contributed by atoms with Crippen molar-refractivity contribution in [2.45, 2.75) is 117 Å². The number of benzene rings is 1. The van der Waals surface area contributed by atoms with Gasteiger partial charge >= 0.3 is 5.97 Å². The maximum Gasteiger partial charge on any atom is 0.314 e. The first kappa shape index (κ1) is 26.0. The highest BCUT2D eigenvalue weighted by atomic mass is 16.5. The van der Waals surface area contributed by atoms with Crippen LogP contribution in [0, 0.1) is 23.7 Å². The van der Waals surface area contributed by atoms with E-state index in [1.807, 2.05) is 12.1 Å². The Morgan fingerprint density at radius 3 is 2.18 bits per heavy atom. The molecule has 0 atom stereocenters. The van der Waals surface area contributed by atoms with Crippen LogP contribution in [0.1, 0.15) is 116 Å². The Kier molecular flexibility index (Phi) is 11.6. The van der Waals surface area contributed by atoms with E-state index in [0.29, 0.717) is 5.75 Å². The number of unbranched alkanes of at least 4 members (excludes halogenated alkanes) is 2. The third kappa shape index (κ3) is 9.30. The molecular formula is C31H48O2. The third-order valence-electron chi connectivity index (χ3n) is 8.13. The minimum absolute atomic E-state index is 0.0271. The zero-order valence-corrected chi connectivity index (χ0v) is 21.4. The van der Waals surface area contributed by atoms with Crippen LogP contribution in [0.4, 0.5) is 0 Å². The van der Waals surface area contributed by atoms with Crippen LogP contribution in [0.3, 0.4) is 0 Å². The van der Waals surface area contributed by atoms with E-state index in [2.05, 4.69) is 38.1 Å². The molecule has 2 saturated carbocycles. The minimum Gasteiger partial charge on any atom is -0.426 e. The molecule has 2 aliphatic carbocycles. The summed E-state index contributed by atoms with van der Waals surface area (Å²) in [4.78, 5) is 12.5. The van der Waals surface area contributed by atoms with Crippen LogP contribution in [0.2, 0.25) is 0 Å². The molecule has 2 nitrogen and oxygen atoms in total. The second-order valence-electron chi connectivity index (χ2n) is 10.8. The van der Waals surface area contributed by atoms with Gasteiger partial charge < -0.3 is 4.74 Å². The summed E-state index contributed by atoms with van der Waals surface area (Å²) >= 11 is 0. The van der Waals surface area contributed by atoms with Crippen molar-refractivity contribution in [3.05, 3.63) is 42.0 Å². The van der Waals surface area contributed by atoms with E-state index in [0.717, 1.165) is 43.4 Å². The first-order valence-corrected chi connectivity index (χ1v) is 14.1. The molecule has 0 spiro atoms. The van der Waals surface area contributed by atoms with Crippen molar-refractivity contribution >= 4 is 5.97 Å². The molecule has 2 aliphatic rings. The van der Waals surface area contributed by atoms with Crippen molar-refractivity contribution in [2.24, 2.45) is 23.7 Å². The minimum atomic E-state index is -0.0271. The summed E-state index contributed by atoms with van der Waals surface area (Å²) in [5.41, 5.74) is 1.32. The largest absolute Gasteiger partial charge is 0.426 e. The van der Waals surface area contributed by atoms with Crippen molar-refractivity contribution in [1.29, 1.82) is 0 Å². The number of hydrogen-bond donors (Lipinski definition) is 0. The Morgan fingerprint density at radius 1 is 0.848 bits per heavy atom. The van der Waals surface area contributed by atoms with Gasteiger partial charge in [-0.15, -0.1) is 0 Å². The summed E-state index contributed by atoms with van der Waals surface area (Å²) in [5, 5.41) is 0. The molecule has 1 aromatic carbocycles. The van der Waals surface area contributed by atoms with E-state index in [4.69, 9.17) is 4.74 Å². The van der Waals surface area contributed by atoms with Gasteiger partial charge in [0.2, 0.25) is 0 Å². The molecule has 0 amide bonds. The highest BCUT2D eigenvalue weighted by Gasteiger charge is 2.27. The Labute approximate surface area is 203 Å². The molecule has 0 N–H and O–H groups in total. The fourth-order valence-electron chi connectivity index (χ4n) is 5.91. The lowest BCUT2D eigenvalue weighted by Gasteiger charge is -2.26. The number of esters is 1. The molecule has 3 rings (SSSR count). The van der Waals surface area contributed by atoms with Crippen LogP contribution in [0.5, 0.6) is 5.75 Å². The van der Waals surface area contributed by atoms with Gasteiger partial charge in [-0.05, 0) is 99.7 Å². The van der Waals surface area contributed by atoms with Gasteiger partial charge in [0.25, 0.3) is 0 Å². The normalized spacial score (nSPS) is 25.9. The second kappa shape index (κ2) is 14.6. The van der Waals surface area contributed by atoms with Crippen LogP contribution in [0.15, 0.2) is 36.4 Å². The fraction of sp³-hybridized carbons (Fsp3) is 0.710. The second-order valence-corrected chi connectivity index (χ2v) is 10.8. The summed E-state index contributed by atoms with van der Waals surface area (Å²) in [7, 11) is 0. The predicted molar refractivity (Wildman–Crippen MR) is 139 cm³/mol. The highest BCUT2D eigenvalue weighted by Crippen LogP contribution is 2.33. The molecule has 0 bridgehead atoms. The van der Waals surface area contributed by atoms with E-state index < -0.39 is 0 Å².